The molecule has 3 aliphatic rings. The zero-order valence-electron chi connectivity index (χ0n) is 19.3. The van der Waals surface area contributed by atoms with E-state index in [-0.39, 0.29) is 5.41 Å². The summed E-state index contributed by atoms with van der Waals surface area (Å²) < 4.78 is 0. The molecule has 0 nitrogen and oxygen atoms in total. The van der Waals surface area contributed by atoms with Crippen LogP contribution in [0.15, 0.2) is 36.4 Å². The number of benzene rings is 2. The van der Waals surface area contributed by atoms with Gasteiger partial charge in [-0.2, -0.15) is 0 Å². The highest BCUT2D eigenvalue weighted by molar-refractivity contribution is 6.31. The number of hydrogen-bond donors (Lipinski definition) is 0. The molecule has 162 valence electrons. The van der Waals surface area contributed by atoms with Crippen LogP contribution in [0.3, 0.4) is 0 Å². The van der Waals surface area contributed by atoms with Crippen molar-refractivity contribution in [2.75, 3.05) is 0 Å². The van der Waals surface area contributed by atoms with Crippen molar-refractivity contribution in [1.29, 1.82) is 0 Å². The van der Waals surface area contributed by atoms with Gasteiger partial charge in [-0.3, -0.25) is 0 Å². The van der Waals surface area contributed by atoms with Crippen molar-refractivity contribution in [2.45, 2.75) is 77.6 Å². The van der Waals surface area contributed by atoms with E-state index in [0.717, 1.165) is 40.2 Å². The molecule has 0 aliphatic heterocycles. The van der Waals surface area contributed by atoms with Gasteiger partial charge in [-0.05, 0) is 109 Å². The Bertz CT molecular complexity index is 1000. The third-order valence-electron chi connectivity index (χ3n) is 8.47. The van der Waals surface area contributed by atoms with Crippen molar-refractivity contribution in [3.8, 4) is 12.3 Å². The lowest BCUT2D eigenvalue weighted by molar-refractivity contribution is -0.0611. The second-order valence-electron chi connectivity index (χ2n) is 11.6. The van der Waals surface area contributed by atoms with Crippen LogP contribution in [0.25, 0.3) is 0 Å². The smallest absolute Gasteiger partial charge is 0.0453 e. The van der Waals surface area contributed by atoms with E-state index in [1.807, 2.05) is 0 Å². The monoisotopic (exact) mass is 430 g/mol. The van der Waals surface area contributed by atoms with Gasteiger partial charge in [0, 0.05) is 16.0 Å². The van der Waals surface area contributed by atoms with Gasteiger partial charge in [-0.15, -0.1) is 6.42 Å². The van der Waals surface area contributed by atoms with Gasteiger partial charge < -0.3 is 0 Å². The number of halogens is 1. The van der Waals surface area contributed by atoms with Gasteiger partial charge in [-0.1, -0.05) is 62.6 Å². The lowest BCUT2D eigenvalue weighted by Crippen LogP contribution is -2.47. The molecule has 0 aromatic heterocycles. The molecule has 0 unspecified atom stereocenters. The molecule has 3 fully saturated rings. The maximum absolute atomic E-state index is 6.74. The molecule has 2 aromatic rings. The summed E-state index contributed by atoms with van der Waals surface area (Å²) >= 11 is 6.74. The predicted molar refractivity (Wildman–Crippen MR) is 132 cm³/mol. The van der Waals surface area contributed by atoms with Crippen LogP contribution >= 0.6 is 11.6 Å². The average Bonchev–Trinajstić information content (AvgIpc) is 3.51. The number of rotatable bonds is 6. The van der Waals surface area contributed by atoms with E-state index in [0.29, 0.717) is 0 Å². The lowest BCUT2D eigenvalue weighted by Gasteiger charge is -2.57. The summed E-state index contributed by atoms with van der Waals surface area (Å²) in [5, 5.41) is 0.839. The molecule has 0 saturated heterocycles. The summed E-state index contributed by atoms with van der Waals surface area (Å²) in [6.45, 7) is 6.96. The molecular weight excluding hydrogens is 396 g/mol. The van der Waals surface area contributed by atoms with Crippen LogP contribution in [0.4, 0.5) is 0 Å². The van der Waals surface area contributed by atoms with E-state index < -0.39 is 0 Å². The van der Waals surface area contributed by atoms with Crippen molar-refractivity contribution in [3.05, 3.63) is 69.2 Å². The van der Waals surface area contributed by atoms with E-state index in [1.165, 1.54) is 67.2 Å². The fraction of sp³-hybridized carbons (Fsp3) is 0.533. The molecule has 0 bridgehead atoms. The first-order valence-electron chi connectivity index (χ1n) is 12.2. The predicted octanol–water partition coefficient (Wildman–Crippen LogP) is 7.97. The van der Waals surface area contributed by atoms with Gasteiger partial charge in [0.25, 0.3) is 0 Å². The maximum Gasteiger partial charge on any atom is 0.0453 e. The second-order valence-corrected chi connectivity index (χ2v) is 12.0. The molecule has 0 atom stereocenters. The quantitative estimate of drug-likeness (QED) is 0.407. The van der Waals surface area contributed by atoms with E-state index in [1.54, 1.807) is 0 Å². The van der Waals surface area contributed by atoms with Crippen molar-refractivity contribution in [3.63, 3.8) is 0 Å². The Kier molecular flexibility index (Phi) is 5.26. The fourth-order valence-corrected chi connectivity index (χ4v) is 6.86. The van der Waals surface area contributed by atoms with Gasteiger partial charge in [0.2, 0.25) is 0 Å². The molecule has 2 aromatic carbocycles. The molecular formula is C30H35Cl. The summed E-state index contributed by atoms with van der Waals surface area (Å²) in [5.41, 5.74) is 6.76. The maximum atomic E-state index is 6.74. The minimum Gasteiger partial charge on any atom is -0.115 e. The molecule has 5 rings (SSSR count). The molecule has 0 radical (unpaired) electrons. The van der Waals surface area contributed by atoms with Gasteiger partial charge in [0.1, 0.15) is 0 Å². The summed E-state index contributed by atoms with van der Waals surface area (Å²) in [7, 11) is 0. The first-order valence-corrected chi connectivity index (χ1v) is 12.5. The van der Waals surface area contributed by atoms with Crippen LogP contribution in [0.5, 0.6) is 0 Å². The van der Waals surface area contributed by atoms with E-state index >= 15 is 0 Å². The standard InChI is InChI=1S/C30H35Cl/c1-5-24-14-26(15-28(31)27(24)13-22-6-7-22)29(3,4)25-10-8-21(9-11-25)12-23-18-30(19-23)16-20(2)17-30/h1,8-11,14-15,20,22-23H,6-7,12-13,16-19H2,2-4H3. The van der Waals surface area contributed by atoms with Gasteiger partial charge in [0.15, 0.2) is 0 Å². The van der Waals surface area contributed by atoms with Crippen molar-refractivity contribution in [2.24, 2.45) is 23.2 Å². The average molecular weight is 431 g/mol. The number of terminal acetylenes is 1. The first kappa shape index (κ1) is 21.2. The van der Waals surface area contributed by atoms with Crippen LogP contribution in [0.2, 0.25) is 5.02 Å². The molecule has 1 heteroatoms. The molecule has 31 heavy (non-hydrogen) atoms. The van der Waals surface area contributed by atoms with Gasteiger partial charge >= 0.3 is 0 Å². The summed E-state index contributed by atoms with van der Waals surface area (Å²) in [4.78, 5) is 0. The normalized spacial score (nSPS) is 27.5. The summed E-state index contributed by atoms with van der Waals surface area (Å²) in [5.74, 6) is 5.54. The van der Waals surface area contributed by atoms with E-state index in [2.05, 4.69) is 63.1 Å². The van der Waals surface area contributed by atoms with Crippen LogP contribution in [0.1, 0.15) is 87.1 Å². The van der Waals surface area contributed by atoms with Crippen LogP contribution < -0.4 is 0 Å². The Labute approximate surface area is 193 Å². The van der Waals surface area contributed by atoms with E-state index in [4.69, 9.17) is 18.0 Å². The molecule has 3 saturated carbocycles. The van der Waals surface area contributed by atoms with Crippen LogP contribution in [-0.2, 0) is 18.3 Å². The topological polar surface area (TPSA) is 0 Å². The Morgan fingerprint density at radius 3 is 2.23 bits per heavy atom. The van der Waals surface area contributed by atoms with Gasteiger partial charge in [0.05, 0.1) is 0 Å². The SMILES string of the molecule is C#Cc1cc(C(C)(C)c2ccc(CC3CC4(CC(C)C4)C3)cc2)cc(Cl)c1CC1CC1. The van der Waals surface area contributed by atoms with Crippen molar-refractivity contribution >= 4 is 11.6 Å². The number of hydrogen-bond acceptors (Lipinski definition) is 0. The molecule has 0 heterocycles. The third-order valence-corrected chi connectivity index (χ3v) is 8.81. The minimum absolute atomic E-state index is 0.130. The van der Waals surface area contributed by atoms with E-state index in [9.17, 15) is 0 Å². The fourth-order valence-electron chi connectivity index (χ4n) is 6.56. The largest absolute Gasteiger partial charge is 0.115 e. The van der Waals surface area contributed by atoms with Crippen LogP contribution in [-0.4, -0.2) is 0 Å². The highest BCUT2D eigenvalue weighted by atomic mass is 35.5. The lowest BCUT2D eigenvalue weighted by atomic mass is 9.48. The Balaban J connectivity index is 1.30. The Hall–Kier alpha value is -1.71. The summed E-state index contributed by atoms with van der Waals surface area (Å²) in [6, 6.07) is 13.7. The zero-order chi connectivity index (χ0) is 21.8. The Morgan fingerprint density at radius 1 is 0.968 bits per heavy atom. The molecule has 1 spiro atoms. The second kappa shape index (κ2) is 7.71. The molecule has 0 N–H and O–H groups in total. The van der Waals surface area contributed by atoms with Crippen molar-refractivity contribution in [1.82, 2.24) is 0 Å². The third kappa shape index (κ3) is 4.07. The van der Waals surface area contributed by atoms with Crippen LogP contribution in [0, 0.1) is 35.5 Å². The highest BCUT2D eigenvalue weighted by Crippen LogP contribution is 2.61. The zero-order valence-corrected chi connectivity index (χ0v) is 20.1. The first-order chi connectivity index (χ1) is 14.8. The summed E-state index contributed by atoms with van der Waals surface area (Å²) in [6.07, 6.45) is 16.6. The molecule has 0 amide bonds. The van der Waals surface area contributed by atoms with Crippen molar-refractivity contribution < 1.29 is 0 Å². The molecule has 3 aliphatic carbocycles. The Morgan fingerprint density at radius 2 is 1.65 bits per heavy atom. The minimum atomic E-state index is -0.130. The highest BCUT2D eigenvalue weighted by Gasteiger charge is 2.50. The van der Waals surface area contributed by atoms with Gasteiger partial charge in [-0.25, -0.2) is 0 Å².